The molecule has 7 nitrogen and oxygen atoms in total. The Kier molecular flexibility index (Phi) is 5.75. The molecule has 1 amide bonds. The first-order valence-corrected chi connectivity index (χ1v) is 8.80. The van der Waals surface area contributed by atoms with E-state index in [-0.39, 0.29) is 11.7 Å². The van der Waals surface area contributed by atoms with Gasteiger partial charge < -0.3 is 14.8 Å². The number of hydrogen-bond donors (Lipinski definition) is 2. The maximum atomic E-state index is 12.2. The van der Waals surface area contributed by atoms with Gasteiger partial charge in [0, 0.05) is 11.6 Å². The van der Waals surface area contributed by atoms with Gasteiger partial charge in [0.05, 0.1) is 25.7 Å². The van der Waals surface area contributed by atoms with Crippen LogP contribution in [0.25, 0.3) is 11.4 Å². The summed E-state index contributed by atoms with van der Waals surface area (Å²) >= 11 is 1.25. The highest BCUT2D eigenvalue weighted by Gasteiger charge is 2.12. The SMILES string of the molecule is COc1ccc(NC(=O)CSc2n[nH]c(-c3ccccc3)n2)c(OC)c1. The third-order valence-corrected chi connectivity index (χ3v) is 4.37. The Morgan fingerprint density at radius 3 is 2.69 bits per heavy atom. The molecule has 0 unspecified atom stereocenters. The Morgan fingerprint density at radius 2 is 1.96 bits per heavy atom. The van der Waals surface area contributed by atoms with E-state index in [1.54, 1.807) is 25.3 Å². The van der Waals surface area contributed by atoms with E-state index in [9.17, 15) is 4.79 Å². The normalized spacial score (nSPS) is 10.4. The summed E-state index contributed by atoms with van der Waals surface area (Å²) in [4.78, 5) is 16.6. The van der Waals surface area contributed by atoms with Gasteiger partial charge in [-0.1, -0.05) is 42.1 Å². The second kappa shape index (κ2) is 8.39. The number of hydrogen-bond acceptors (Lipinski definition) is 6. The number of ether oxygens (including phenoxy) is 2. The van der Waals surface area contributed by atoms with Crippen molar-refractivity contribution < 1.29 is 14.3 Å². The third kappa shape index (κ3) is 4.34. The second-order valence-electron chi connectivity index (χ2n) is 5.24. The summed E-state index contributed by atoms with van der Waals surface area (Å²) in [6.45, 7) is 0. The number of nitrogens with zero attached hydrogens (tertiary/aromatic N) is 2. The molecule has 0 spiro atoms. The monoisotopic (exact) mass is 370 g/mol. The molecule has 134 valence electrons. The van der Waals surface area contributed by atoms with Gasteiger partial charge in [0.15, 0.2) is 5.82 Å². The number of H-pyrrole nitrogens is 1. The van der Waals surface area contributed by atoms with E-state index < -0.39 is 0 Å². The lowest BCUT2D eigenvalue weighted by molar-refractivity contribution is -0.113. The summed E-state index contributed by atoms with van der Waals surface area (Å²) in [7, 11) is 3.11. The molecule has 1 aromatic heterocycles. The number of carbonyl (C=O) groups excluding carboxylic acids is 1. The predicted molar refractivity (Wildman–Crippen MR) is 101 cm³/mol. The second-order valence-corrected chi connectivity index (χ2v) is 6.18. The number of aromatic amines is 1. The van der Waals surface area contributed by atoms with Gasteiger partial charge in [-0.2, -0.15) is 0 Å². The first-order valence-electron chi connectivity index (χ1n) is 7.82. The Bertz CT molecular complexity index is 883. The summed E-state index contributed by atoms with van der Waals surface area (Å²) in [6.07, 6.45) is 0. The van der Waals surface area contributed by atoms with E-state index in [0.717, 1.165) is 5.56 Å². The van der Waals surface area contributed by atoms with Gasteiger partial charge in [-0.05, 0) is 12.1 Å². The first kappa shape index (κ1) is 17.8. The van der Waals surface area contributed by atoms with Crippen LogP contribution in [0.15, 0.2) is 53.7 Å². The lowest BCUT2D eigenvalue weighted by atomic mass is 10.2. The van der Waals surface area contributed by atoms with Crippen molar-refractivity contribution >= 4 is 23.4 Å². The molecule has 8 heteroatoms. The van der Waals surface area contributed by atoms with Crippen molar-refractivity contribution in [1.82, 2.24) is 15.2 Å². The van der Waals surface area contributed by atoms with E-state index in [2.05, 4.69) is 20.5 Å². The molecule has 2 aromatic carbocycles. The molecule has 0 radical (unpaired) electrons. The van der Waals surface area contributed by atoms with Crippen molar-refractivity contribution in [2.24, 2.45) is 0 Å². The van der Waals surface area contributed by atoms with Gasteiger partial charge in [0.2, 0.25) is 11.1 Å². The molecule has 0 aliphatic carbocycles. The highest BCUT2D eigenvalue weighted by Crippen LogP contribution is 2.29. The lowest BCUT2D eigenvalue weighted by Gasteiger charge is -2.11. The van der Waals surface area contributed by atoms with Crippen molar-refractivity contribution in [1.29, 1.82) is 0 Å². The molecule has 0 aliphatic rings. The first-order chi connectivity index (χ1) is 12.7. The standard InChI is InChI=1S/C18H18N4O3S/c1-24-13-8-9-14(15(10-13)25-2)19-16(23)11-26-18-20-17(21-22-18)12-6-4-3-5-7-12/h3-10H,11H2,1-2H3,(H,19,23)(H,20,21,22). The van der Waals surface area contributed by atoms with Gasteiger partial charge >= 0.3 is 0 Å². The number of benzene rings is 2. The number of methoxy groups -OCH3 is 2. The smallest absolute Gasteiger partial charge is 0.234 e. The van der Waals surface area contributed by atoms with Crippen molar-refractivity contribution in [2.75, 3.05) is 25.3 Å². The van der Waals surface area contributed by atoms with E-state index in [0.29, 0.717) is 28.2 Å². The van der Waals surface area contributed by atoms with Gasteiger partial charge in [-0.15, -0.1) is 5.10 Å². The van der Waals surface area contributed by atoms with Crippen LogP contribution >= 0.6 is 11.8 Å². The Balaban J connectivity index is 1.59. The van der Waals surface area contributed by atoms with Crippen LogP contribution in [0, 0.1) is 0 Å². The number of carbonyl (C=O) groups is 1. The molecule has 0 saturated carbocycles. The minimum atomic E-state index is -0.176. The fraction of sp³-hybridized carbons (Fsp3) is 0.167. The molecular formula is C18H18N4O3S. The van der Waals surface area contributed by atoms with Crippen molar-refractivity contribution in [3.05, 3.63) is 48.5 Å². The predicted octanol–water partition coefficient (Wildman–Crippen LogP) is 3.22. The molecule has 2 N–H and O–H groups in total. The molecular weight excluding hydrogens is 352 g/mol. The van der Waals surface area contributed by atoms with Crippen molar-refractivity contribution in [3.8, 4) is 22.9 Å². The van der Waals surface area contributed by atoms with Crippen LogP contribution in [0.2, 0.25) is 0 Å². The average Bonchev–Trinajstić information content (AvgIpc) is 3.16. The van der Waals surface area contributed by atoms with Crippen LogP contribution < -0.4 is 14.8 Å². The number of aromatic nitrogens is 3. The maximum absolute atomic E-state index is 12.2. The third-order valence-electron chi connectivity index (χ3n) is 3.53. The number of rotatable bonds is 7. The van der Waals surface area contributed by atoms with Crippen LogP contribution in [0.5, 0.6) is 11.5 Å². The van der Waals surface area contributed by atoms with Gasteiger partial charge in [0.25, 0.3) is 0 Å². The number of thioether (sulfide) groups is 1. The van der Waals surface area contributed by atoms with E-state index >= 15 is 0 Å². The molecule has 26 heavy (non-hydrogen) atoms. The largest absolute Gasteiger partial charge is 0.497 e. The minimum absolute atomic E-state index is 0.176. The summed E-state index contributed by atoms with van der Waals surface area (Å²) < 4.78 is 10.4. The van der Waals surface area contributed by atoms with Crippen LogP contribution in [0.4, 0.5) is 5.69 Å². The minimum Gasteiger partial charge on any atom is -0.497 e. The molecule has 0 bridgehead atoms. The quantitative estimate of drug-likeness (QED) is 0.621. The molecule has 0 aliphatic heterocycles. The zero-order chi connectivity index (χ0) is 18.4. The van der Waals surface area contributed by atoms with E-state index in [4.69, 9.17) is 9.47 Å². The summed E-state index contributed by atoms with van der Waals surface area (Å²) in [5.41, 5.74) is 1.53. The highest BCUT2D eigenvalue weighted by atomic mass is 32.2. The summed E-state index contributed by atoms with van der Waals surface area (Å²) in [5, 5.41) is 10.3. The molecule has 3 aromatic rings. The molecule has 0 fully saturated rings. The Hall–Kier alpha value is -3.00. The van der Waals surface area contributed by atoms with Crippen LogP contribution in [0.3, 0.4) is 0 Å². The maximum Gasteiger partial charge on any atom is 0.234 e. The van der Waals surface area contributed by atoms with Gasteiger partial charge in [-0.25, -0.2) is 4.98 Å². The Morgan fingerprint density at radius 1 is 1.15 bits per heavy atom. The zero-order valence-corrected chi connectivity index (χ0v) is 15.2. The Labute approximate surface area is 155 Å². The highest BCUT2D eigenvalue weighted by molar-refractivity contribution is 7.99. The number of nitrogens with one attached hydrogen (secondary N) is 2. The molecule has 1 heterocycles. The van der Waals surface area contributed by atoms with Crippen LogP contribution in [-0.2, 0) is 4.79 Å². The van der Waals surface area contributed by atoms with Crippen LogP contribution in [0.1, 0.15) is 0 Å². The molecule has 0 saturated heterocycles. The van der Waals surface area contributed by atoms with E-state index in [1.165, 1.54) is 18.9 Å². The number of anilines is 1. The summed E-state index contributed by atoms with van der Waals surface area (Å²) in [5.74, 6) is 1.87. The van der Waals surface area contributed by atoms with Gasteiger partial charge in [0.1, 0.15) is 11.5 Å². The topological polar surface area (TPSA) is 89.1 Å². The average molecular weight is 370 g/mol. The molecule has 0 atom stereocenters. The van der Waals surface area contributed by atoms with E-state index in [1.807, 2.05) is 30.3 Å². The van der Waals surface area contributed by atoms with Crippen molar-refractivity contribution in [2.45, 2.75) is 5.16 Å². The zero-order valence-electron chi connectivity index (χ0n) is 14.4. The fourth-order valence-corrected chi connectivity index (χ4v) is 2.85. The fourth-order valence-electron chi connectivity index (χ4n) is 2.25. The lowest BCUT2D eigenvalue weighted by Crippen LogP contribution is -2.14. The van der Waals surface area contributed by atoms with Gasteiger partial charge in [-0.3, -0.25) is 9.89 Å². The number of amides is 1. The van der Waals surface area contributed by atoms with Crippen LogP contribution in [-0.4, -0.2) is 41.1 Å². The summed E-state index contributed by atoms with van der Waals surface area (Å²) in [6, 6.07) is 14.9. The molecule has 3 rings (SSSR count). The van der Waals surface area contributed by atoms with Crippen molar-refractivity contribution in [3.63, 3.8) is 0 Å².